The Hall–Kier alpha value is -1.56. The van der Waals surface area contributed by atoms with Crippen molar-refractivity contribution in [2.75, 3.05) is 11.4 Å². The van der Waals surface area contributed by atoms with Gasteiger partial charge in [-0.2, -0.15) is 0 Å². The van der Waals surface area contributed by atoms with Crippen molar-refractivity contribution in [2.45, 2.75) is 26.2 Å². The van der Waals surface area contributed by atoms with E-state index in [1.165, 1.54) is 17.0 Å². The van der Waals surface area contributed by atoms with E-state index in [-0.39, 0.29) is 28.1 Å². The first-order chi connectivity index (χ1) is 9.45. The molecule has 0 saturated carbocycles. The molecule has 0 bridgehead atoms. The molecule has 0 radical (unpaired) electrons. The lowest BCUT2D eigenvalue weighted by atomic mass is 10.1. The number of carbonyl (C=O) groups excluding carboxylic acids is 3. The number of benzene rings is 1. The van der Waals surface area contributed by atoms with Crippen LogP contribution in [0.5, 0.6) is 0 Å². The number of halogens is 2. The predicted molar refractivity (Wildman–Crippen MR) is 75.3 cm³/mol. The molecular formula is C14H13BrFNO3. The molecule has 1 heterocycles. The molecule has 0 atom stereocenters. The Labute approximate surface area is 124 Å². The quantitative estimate of drug-likeness (QED) is 0.774. The van der Waals surface area contributed by atoms with Gasteiger partial charge in [-0.25, -0.2) is 4.39 Å². The van der Waals surface area contributed by atoms with Crippen molar-refractivity contribution in [1.29, 1.82) is 0 Å². The number of hydrogen-bond acceptors (Lipinski definition) is 3. The minimum Gasteiger partial charge on any atom is -0.305 e. The van der Waals surface area contributed by atoms with Crippen LogP contribution in [-0.4, -0.2) is 24.0 Å². The van der Waals surface area contributed by atoms with Crippen molar-refractivity contribution in [1.82, 2.24) is 0 Å². The van der Waals surface area contributed by atoms with Crippen molar-refractivity contribution in [3.63, 3.8) is 0 Å². The van der Waals surface area contributed by atoms with Gasteiger partial charge in [-0.3, -0.25) is 14.4 Å². The maximum atomic E-state index is 13.6. The number of carbonyl (C=O) groups is 3. The van der Waals surface area contributed by atoms with Gasteiger partial charge in [-0.1, -0.05) is 6.92 Å². The molecule has 106 valence electrons. The smallest absolute Gasteiger partial charge is 0.299 e. The molecule has 1 amide bonds. The molecule has 0 saturated heterocycles. The highest BCUT2D eigenvalue weighted by molar-refractivity contribution is 9.10. The van der Waals surface area contributed by atoms with E-state index in [2.05, 4.69) is 15.9 Å². The molecule has 0 aromatic heterocycles. The van der Waals surface area contributed by atoms with Crippen molar-refractivity contribution in [3.05, 3.63) is 28.0 Å². The lowest BCUT2D eigenvalue weighted by molar-refractivity contribution is -0.119. The van der Waals surface area contributed by atoms with E-state index in [1.807, 2.05) is 0 Å². The largest absolute Gasteiger partial charge is 0.305 e. The minimum absolute atomic E-state index is 0.102. The Kier molecular flexibility index (Phi) is 4.32. The average Bonchev–Trinajstić information content (AvgIpc) is 2.64. The molecule has 0 aliphatic carbocycles. The van der Waals surface area contributed by atoms with Gasteiger partial charge < -0.3 is 4.90 Å². The Morgan fingerprint density at radius 2 is 2.05 bits per heavy atom. The Balaban J connectivity index is 2.20. The van der Waals surface area contributed by atoms with E-state index < -0.39 is 17.5 Å². The zero-order valence-corrected chi connectivity index (χ0v) is 12.5. The van der Waals surface area contributed by atoms with Crippen molar-refractivity contribution in [2.24, 2.45) is 0 Å². The molecule has 0 spiro atoms. The highest BCUT2D eigenvalue weighted by atomic mass is 79.9. The van der Waals surface area contributed by atoms with Gasteiger partial charge >= 0.3 is 0 Å². The first-order valence-corrected chi connectivity index (χ1v) is 7.12. The molecule has 0 fully saturated rings. The van der Waals surface area contributed by atoms with Crippen LogP contribution in [0.2, 0.25) is 0 Å². The van der Waals surface area contributed by atoms with Crippen LogP contribution < -0.4 is 4.90 Å². The van der Waals surface area contributed by atoms with Gasteiger partial charge in [0.25, 0.3) is 11.7 Å². The number of amides is 1. The van der Waals surface area contributed by atoms with Crippen LogP contribution in [0.25, 0.3) is 0 Å². The second-order valence-corrected chi connectivity index (χ2v) is 5.42. The van der Waals surface area contributed by atoms with Crippen LogP contribution in [0.15, 0.2) is 16.6 Å². The van der Waals surface area contributed by atoms with Crippen LogP contribution in [0.3, 0.4) is 0 Å². The number of Topliss-reactive ketones (excluding diaryl/α,β-unsaturated/α-hetero) is 2. The number of nitrogens with zero attached hydrogens (tertiary/aromatic N) is 1. The van der Waals surface area contributed by atoms with Crippen LogP contribution in [0.1, 0.15) is 36.5 Å². The average molecular weight is 342 g/mol. The lowest BCUT2D eigenvalue weighted by Gasteiger charge is -2.16. The van der Waals surface area contributed by atoms with E-state index >= 15 is 0 Å². The molecule has 20 heavy (non-hydrogen) atoms. The summed E-state index contributed by atoms with van der Waals surface area (Å²) in [5, 5.41) is 0. The third-order valence-corrected chi connectivity index (χ3v) is 3.85. The molecule has 1 aromatic carbocycles. The second kappa shape index (κ2) is 5.83. The van der Waals surface area contributed by atoms with Crippen LogP contribution in [-0.2, 0) is 9.59 Å². The summed E-state index contributed by atoms with van der Waals surface area (Å²) in [6.45, 7) is 2.01. The summed E-state index contributed by atoms with van der Waals surface area (Å²) in [5.41, 5.74) is 0.481. The summed E-state index contributed by atoms with van der Waals surface area (Å²) in [4.78, 5) is 36.2. The fourth-order valence-electron chi connectivity index (χ4n) is 2.12. The van der Waals surface area contributed by atoms with Gasteiger partial charge in [-0.15, -0.1) is 0 Å². The number of rotatable bonds is 5. The van der Waals surface area contributed by atoms with Gasteiger partial charge in [0, 0.05) is 19.4 Å². The third kappa shape index (κ3) is 2.65. The third-order valence-electron chi connectivity index (χ3n) is 3.25. The van der Waals surface area contributed by atoms with Gasteiger partial charge in [0.05, 0.1) is 15.7 Å². The van der Waals surface area contributed by atoms with Crippen LogP contribution >= 0.6 is 15.9 Å². The molecule has 2 rings (SSSR count). The van der Waals surface area contributed by atoms with Crippen LogP contribution in [0, 0.1) is 5.82 Å². The first-order valence-electron chi connectivity index (χ1n) is 6.32. The molecule has 4 nitrogen and oxygen atoms in total. The van der Waals surface area contributed by atoms with E-state index in [9.17, 15) is 18.8 Å². The van der Waals surface area contributed by atoms with E-state index in [1.54, 1.807) is 6.92 Å². The maximum absolute atomic E-state index is 13.6. The summed E-state index contributed by atoms with van der Waals surface area (Å²) in [6, 6.07) is 2.49. The zero-order valence-electron chi connectivity index (χ0n) is 10.9. The van der Waals surface area contributed by atoms with Crippen LogP contribution in [0.4, 0.5) is 10.1 Å². The van der Waals surface area contributed by atoms with Gasteiger partial charge in [0.1, 0.15) is 11.6 Å². The van der Waals surface area contributed by atoms with Gasteiger partial charge in [0.2, 0.25) is 0 Å². The van der Waals surface area contributed by atoms with E-state index in [0.717, 1.165) is 0 Å². The first kappa shape index (κ1) is 14.8. The molecular weight excluding hydrogens is 329 g/mol. The second-order valence-electron chi connectivity index (χ2n) is 4.57. The monoisotopic (exact) mass is 341 g/mol. The van der Waals surface area contributed by atoms with Crippen molar-refractivity contribution < 1.29 is 18.8 Å². The highest BCUT2D eigenvalue weighted by Crippen LogP contribution is 2.33. The summed E-state index contributed by atoms with van der Waals surface area (Å²) in [7, 11) is 0. The highest BCUT2D eigenvalue weighted by Gasteiger charge is 2.36. The van der Waals surface area contributed by atoms with Gasteiger partial charge in [-0.05, 0) is 34.5 Å². The predicted octanol–water partition coefficient (Wildman–Crippen LogP) is 2.88. The number of hydrogen-bond donors (Lipinski definition) is 0. The van der Waals surface area contributed by atoms with Gasteiger partial charge in [0.15, 0.2) is 0 Å². The fourth-order valence-corrected chi connectivity index (χ4v) is 2.47. The van der Waals surface area contributed by atoms with Crippen molar-refractivity contribution in [3.8, 4) is 0 Å². The summed E-state index contributed by atoms with van der Waals surface area (Å²) < 4.78 is 13.7. The molecule has 1 aliphatic rings. The topological polar surface area (TPSA) is 54.5 Å². The molecule has 0 unspecified atom stereocenters. The maximum Gasteiger partial charge on any atom is 0.299 e. The number of anilines is 1. The standard InChI is InChI=1S/C14H13BrFNO3/c1-2-8(18)4-3-5-17-12-7-11(16)10(15)6-9(12)13(19)14(17)20/h6-7H,2-5H2,1H3. The van der Waals surface area contributed by atoms with E-state index in [4.69, 9.17) is 0 Å². The summed E-state index contributed by atoms with van der Waals surface area (Å²) in [5.74, 6) is -1.73. The Morgan fingerprint density at radius 1 is 1.35 bits per heavy atom. The summed E-state index contributed by atoms with van der Waals surface area (Å²) in [6.07, 6.45) is 1.26. The lowest BCUT2D eigenvalue weighted by Crippen LogP contribution is -2.30. The van der Waals surface area contributed by atoms with E-state index in [0.29, 0.717) is 19.3 Å². The molecule has 1 aromatic rings. The van der Waals surface area contributed by atoms with Crippen molar-refractivity contribution >= 4 is 39.1 Å². The number of fused-ring (bicyclic) bond motifs is 1. The normalized spacial score (nSPS) is 13.8. The molecule has 0 N–H and O–H groups in total. The molecule has 1 aliphatic heterocycles. The minimum atomic E-state index is -0.665. The fraction of sp³-hybridized carbons (Fsp3) is 0.357. The molecule has 6 heteroatoms. The summed E-state index contributed by atoms with van der Waals surface area (Å²) >= 11 is 3.00. The zero-order chi connectivity index (χ0) is 14.9. The SMILES string of the molecule is CCC(=O)CCCN1C(=O)C(=O)c2cc(Br)c(F)cc21. The number of ketones is 2. The Bertz CT molecular complexity index is 600. The Morgan fingerprint density at radius 3 is 2.70 bits per heavy atom.